The summed E-state index contributed by atoms with van der Waals surface area (Å²) in [6, 6.07) is 12.8. The molecular weight excluding hydrogens is 406 g/mol. The molecule has 30 heavy (non-hydrogen) atoms. The van der Waals surface area contributed by atoms with Crippen LogP contribution in [0.2, 0.25) is 0 Å². The first-order valence-electron chi connectivity index (χ1n) is 9.24. The van der Waals surface area contributed by atoms with Crippen molar-refractivity contribution in [3.63, 3.8) is 0 Å². The molecule has 3 amide bonds. The Hall–Kier alpha value is -3.59. The van der Waals surface area contributed by atoms with E-state index in [1.807, 2.05) is 6.92 Å². The molecule has 2 N–H and O–H groups in total. The fraction of sp³-hybridized carbons (Fsp3) is 0.190. The van der Waals surface area contributed by atoms with Gasteiger partial charge in [-0.2, -0.15) is 0 Å². The predicted molar refractivity (Wildman–Crippen MR) is 113 cm³/mol. The Labute approximate surface area is 178 Å². The highest BCUT2D eigenvalue weighted by molar-refractivity contribution is 7.80. The lowest BCUT2D eigenvalue weighted by atomic mass is 10.1. The molecule has 0 aliphatic carbocycles. The molecule has 0 bridgehead atoms. The summed E-state index contributed by atoms with van der Waals surface area (Å²) < 4.78 is 5.05. The fourth-order valence-corrected chi connectivity index (χ4v) is 3.05. The third-order valence-corrected chi connectivity index (χ3v) is 4.45. The molecule has 2 aromatic rings. The summed E-state index contributed by atoms with van der Waals surface area (Å²) in [6.07, 6.45) is 0.736. The third-order valence-electron chi connectivity index (χ3n) is 4.25. The van der Waals surface area contributed by atoms with E-state index in [2.05, 4.69) is 10.6 Å². The number of anilines is 1. The monoisotopic (exact) mass is 425 g/mol. The zero-order chi connectivity index (χ0) is 21.7. The Morgan fingerprint density at radius 3 is 2.17 bits per heavy atom. The number of esters is 1. The number of amides is 3. The van der Waals surface area contributed by atoms with E-state index < -0.39 is 30.2 Å². The van der Waals surface area contributed by atoms with Gasteiger partial charge < -0.3 is 15.4 Å². The average molecular weight is 425 g/mol. The van der Waals surface area contributed by atoms with Crippen LogP contribution in [0.3, 0.4) is 0 Å². The minimum absolute atomic E-state index is 0.00193. The van der Waals surface area contributed by atoms with Gasteiger partial charge in [-0.05, 0) is 55.0 Å². The van der Waals surface area contributed by atoms with Crippen molar-refractivity contribution in [2.45, 2.75) is 13.3 Å². The quantitative estimate of drug-likeness (QED) is 0.416. The first kappa shape index (κ1) is 21.1. The maximum atomic E-state index is 12.3. The summed E-state index contributed by atoms with van der Waals surface area (Å²) in [5.41, 5.74) is 1.49. The molecule has 0 atom stereocenters. The van der Waals surface area contributed by atoms with Gasteiger partial charge in [0.1, 0.15) is 6.54 Å². The molecule has 2 aromatic carbocycles. The minimum atomic E-state index is -0.609. The first-order valence-corrected chi connectivity index (χ1v) is 9.64. The highest BCUT2D eigenvalue weighted by Crippen LogP contribution is 2.21. The number of benzene rings is 2. The van der Waals surface area contributed by atoms with Crippen LogP contribution in [0.5, 0.6) is 0 Å². The largest absolute Gasteiger partial charge is 0.462 e. The molecule has 8 nitrogen and oxygen atoms in total. The summed E-state index contributed by atoms with van der Waals surface area (Å²) in [6.45, 7) is 1.81. The number of imide groups is 1. The SMILES string of the molecule is CCCOC(=O)c1ccc(NC(=S)NC(=O)CN2C(=O)c3ccccc3C2=O)cc1. The van der Waals surface area contributed by atoms with E-state index in [0.717, 1.165) is 11.3 Å². The molecule has 0 saturated heterocycles. The number of rotatable bonds is 6. The van der Waals surface area contributed by atoms with Crippen molar-refractivity contribution in [1.82, 2.24) is 10.2 Å². The molecule has 0 radical (unpaired) electrons. The number of hydrogen-bond acceptors (Lipinski definition) is 6. The summed E-state index contributed by atoms with van der Waals surface area (Å²) >= 11 is 5.10. The van der Waals surface area contributed by atoms with Gasteiger partial charge in [-0.1, -0.05) is 19.1 Å². The molecule has 154 valence electrons. The van der Waals surface area contributed by atoms with Crippen LogP contribution in [0.1, 0.15) is 44.4 Å². The van der Waals surface area contributed by atoms with Crippen LogP contribution in [-0.4, -0.2) is 46.9 Å². The van der Waals surface area contributed by atoms with E-state index >= 15 is 0 Å². The summed E-state index contributed by atoms with van der Waals surface area (Å²) in [5, 5.41) is 5.24. The smallest absolute Gasteiger partial charge is 0.338 e. The molecular formula is C21H19N3O5S. The van der Waals surface area contributed by atoms with Gasteiger partial charge in [-0.15, -0.1) is 0 Å². The van der Waals surface area contributed by atoms with Crippen LogP contribution < -0.4 is 10.6 Å². The van der Waals surface area contributed by atoms with Crippen molar-refractivity contribution in [2.75, 3.05) is 18.5 Å². The van der Waals surface area contributed by atoms with Crippen molar-refractivity contribution in [3.8, 4) is 0 Å². The fourth-order valence-electron chi connectivity index (χ4n) is 2.82. The van der Waals surface area contributed by atoms with Gasteiger partial charge in [0.25, 0.3) is 11.8 Å². The van der Waals surface area contributed by atoms with Crippen LogP contribution in [-0.2, 0) is 9.53 Å². The van der Waals surface area contributed by atoms with Crippen LogP contribution in [0.25, 0.3) is 0 Å². The predicted octanol–water partition coefficient (Wildman–Crippen LogP) is 2.36. The molecule has 9 heteroatoms. The number of ether oxygens (including phenoxy) is 1. The van der Waals surface area contributed by atoms with Gasteiger partial charge in [-0.3, -0.25) is 19.3 Å². The van der Waals surface area contributed by atoms with Crippen molar-refractivity contribution >= 4 is 46.7 Å². The van der Waals surface area contributed by atoms with Crippen molar-refractivity contribution in [2.24, 2.45) is 0 Å². The first-order chi connectivity index (χ1) is 14.4. The van der Waals surface area contributed by atoms with E-state index in [1.165, 1.54) is 0 Å². The summed E-state index contributed by atoms with van der Waals surface area (Å²) in [5.74, 6) is -2.06. The lowest BCUT2D eigenvalue weighted by Gasteiger charge is -2.14. The van der Waals surface area contributed by atoms with Crippen LogP contribution >= 0.6 is 12.2 Å². The molecule has 1 aliphatic heterocycles. The van der Waals surface area contributed by atoms with Gasteiger partial charge in [0.2, 0.25) is 5.91 Å². The van der Waals surface area contributed by atoms with Gasteiger partial charge >= 0.3 is 5.97 Å². The maximum absolute atomic E-state index is 12.3. The highest BCUT2D eigenvalue weighted by Gasteiger charge is 2.36. The number of carbonyl (C=O) groups is 4. The Kier molecular flexibility index (Phi) is 6.53. The molecule has 0 unspecified atom stereocenters. The number of nitrogens with zero attached hydrogens (tertiary/aromatic N) is 1. The Morgan fingerprint density at radius 1 is 1.00 bits per heavy atom. The van der Waals surface area contributed by atoms with Crippen molar-refractivity contribution in [3.05, 3.63) is 65.2 Å². The second-order valence-electron chi connectivity index (χ2n) is 6.46. The Balaban J connectivity index is 1.53. The highest BCUT2D eigenvalue weighted by atomic mass is 32.1. The number of hydrogen-bond donors (Lipinski definition) is 2. The van der Waals surface area contributed by atoms with E-state index in [4.69, 9.17) is 17.0 Å². The van der Waals surface area contributed by atoms with E-state index in [-0.39, 0.29) is 16.2 Å². The van der Waals surface area contributed by atoms with E-state index in [9.17, 15) is 19.2 Å². The van der Waals surface area contributed by atoms with E-state index in [1.54, 1.807) is 48.5 Å². The van der Waals surface area contributed by atoms with Crippen LogP contribution in [0, 0.1) is 0 Å². The molecule has 3 rings (SSSR count). The number of nitrogens with one attached hydrogen (secondary N) is 2. The lowest BCUT2D eigenvalue weighted by Crippen LogP contribution is -2.43. The lowest BCUT2D eigenvalue weighted by molar-refractivity contribution is -0.120. The van der Waals surface area contributed by atoms with E-state index in [0.29, 0.717) is 17.9 Å². The molecule has 1 aliphatic rings. The Bertz CT molecular complexity index is 985. The second kappa shape index (κ2) is 9.27. The standard InChI is InChI=1S/C21H19N3O5S/c1-2-11-29-20(28)13-7-9-14(10-8-13)22-21(30)23-17(25)12-24-18(26)15-5-3-4-6-16(15)19(24)27/h3-10H,2,11-12H2,1H3,(H2,22,23,25,30). The summed E-state index contributed by atoms with van der Waals surface area (Å²) in [7, 11) is 0. The number of carbonyl (C=O) groups excluding carboxylic acids is 4. The van der Waals surface area contributed by atoms with Gasteiger partial charge in [0, 0.05) is 5.69 Å². The van der Waals surface area contributed by atoms with Gasteiger partial charge in [0.15, 0.2) is 5.11 Å². The number of fused-ring (bicyclic) bond motifs is 1. The second-order valence-corrected chi connectivity index (χ2v) is 6.87. The van der Waals surface area contributed by atoms with Gasteiger partial charge in [0.05, 0.1) is 23.3 Å². The Morgan fingerprint density at radius 2 is 1.60 bits per heavy atom. The zero-order valence-electron chi connectivity index (χ0n) is 16.1. The molecule has 0 fully saturated rings. The maximum Gasteiger partial charge on any atom is 0.338 e. The molecule has 0 aromatic heterocycles. The molecule has 0 saturated carbocycles. The minimum Gasteiger partial charge on any atom is -0.462 e. The molecule has 0 spiro atoms. The van der Waals surface area contributed by atoms with Crippen molar-refractivity contribution < 1.29 is 23.9 Å². The molecule has 1 heterocycles. The summed E-state index contributed by atoms with van der Waals surface area (Å²) in [4.78, 5) is 49.5. The van der Waals surface area contributed by atoms with Gasteiger partial charge in [-0.25, -0.2) is 4.79 Å². The van der Waals surface area contributed by atoms with Crippen LogP contribution in [0.4, 0.5) is 5.69 Å². The van der Waals surface area contributed by atoms with Crippen LogP contribution in [0.15, 0.2) is 48.5 Å². The average Bonchev–Trinajstić information content (AvgIpc) is 2.97. The normalized spacial score (nSPS) is 12.4. The van der Waals surface area contributed by atoms with Crippen molar-refractivity contribution in [1.29, 1.82) is 0 Å². The number of thiocarbonyl (C=S) groups is 1. The third kappa shape index (κ3) is 4.69. The zero-order valence-corrected chi connectivity index (χ0v) is 17.0. The topological polar surface area (TPSA) is 105 Å².